The summed E-state index contributed by atoms with van der Waals surface area (Å²) in [6.45, 7) is 4.31. The number of carboxylic acids is 1. The quantitative estimate of drug-likeness (QED) is 0.142. The maximum Gasteiger partial charge on any atom is 1.00 e. The van der Waals surface area contributed by atoms with Gasteiger partial charge in [0.15, 0.2) is 0 Å². The average Bonchev–Trinajstić information content (AvgIpc) is 2.70. The first kappa shape index (κ1) is 31.2. The fourth-order valence-electron chi connectivity index (χ4n) is 2.69. The predicted octanol–water partition coefficient (Wildman–Crippen LogP) is -2.87. The Balaban J connectivity index is 0.00000961. The summed E-state index contributed by atoms with van der Waals surface area (Å²) in [4.78, 5) is 46.1. The molecule has 0 heterocycles. The van der Waals surface area contributed by atoms with Gasteiger partial charge in [-0.1, -0.05) is 44.5 Å². The summed E-state index contributed by atoms with van der Waals surface area (Å²) in [5, 5.41) is 27.1. The second-order valence-electron chi connectivity index (χ2n) is 6.95. The minimum absolute atomic E-state index is 0. The van der Waals surface area contributed by atoms with Gasteiger partial charge in [0.05, 0.1) is 12.6 Å². The van der Waals surface area contributed by atoms with E-state index >= 15 is 0 Å². The van der Waals surface area contributed by atoms with Gasteiger partial charge in [0.25, 0.3) is 0 Å². The third-order valence-corrected chi connectivity index (χ3v) is 5.72. The average molecular weight is 498 g/mol. The molecule has 0 radical (unpaired) electrons. The van der Waals surface area contributed by atoms with Crippen molar-refractivity contribution in [2.75, 3.05) is 13.2 Å². The van der Waals surface area contributed by atoms with E-state index in [4.69, 9.17) is 9.63 Å². The summed E-state index contributed by atoms with van der Waals surface area (Å²) < 4.78 is 16.9. The first-order valence-electron chi connectivity index (χ1n) is 9.80. The standard InChI is InChI=1S/C19H30N3O8P.K/c1-4-12(3)17(22-31(28,29)30-5-2)19(27)21-15(18(26)20-11-16(24)25)10-13-6-8-14(23)9-7-13;/h6-9,12,15,17,23H,4-5,10-11H2,1-3H3,(H,20,26)(H,21,27)(H,24,25)(H2,22,28,29);/q;+1/p-1/t12-,15-,17-;/m0./s1. The number of hydrogen-bond donors (Lipinski definition) is 5. The molecule has 1 unspecified atom stereocenters. The molecule has 11 nitrogen and oxygen atoms in total. The molecule has 5 N–H and O–H groups in total. The Bertz CT molecular complexity index is 808. The van der Waals surface area contributed by atoms with E-state index in [1.54, 1.807) is 13.8 Å². The number of amides is 2. The Morgan fingerprint density at radius 2 is 1.75 bits per heavy atom. The number of carboxylic acid groups (broad SMARTS) is 1. The molecule has 0 aliphatic carbocycles. The summed E-state index contributed by atoms with van der Waals surface area (Å²) >= 11 is 0. The first-order chi connectivity index (χ1) is 14.5. The van der Waals surface area contributed by atoms with Crippen LogP contribution < -0.4 is 72.2 Å². The van der Waals surface area contributed by atoms with E-state index in [1.807, 2.05) is 0 Å². The van der Waals surface area contributed by atoms with Gasteiger partial charge in [0, 0.05) is 6.42 Å². The van der Waals surface area contributed by atoms with Crippen molar-refractivity contribution in [3.8, 4) is 5.75 Å². The van der Waals surface area contributed by atoms with Crippen molar-refractivity contribution in [2.45, 2.75) is 45.7 Å². The molecule has 1 aromatic rings. The normalized spacial score (nSPS) is 15.4. The molecule has 0 aliphatic rings. The van der Waals surface area contributed by atoms with Crippen LogP contribution >= 0.6 is 7.75 Å². The molecule has 0 spiro atoms. The molecule has 0 fully saturated rings. The molecule has 1 rings (SSSR count). The second kappa shape index (κ2) is 15.2. The van der Waals surface area contributed by atoms with Crippen LogP contribution in [0.15, 0.2) is 24.3 Å². The zero-order chi connectivity index (χ0) is 23.6. The van der Waals surface area contributed by atoms with Crippen molar-refractivity contribution in [2.24, 2.45) is 5.92 Å². The maximum atomic E-state index is 12.9. The number of nitrogens with one attached hydrogen (secondary N) is 3. The van der Waals surface area contributed by atoms with E-state index in [9.17, 15) is 28.9 Å². The summed E-state index contributed by atoms with van der Waals surface area (Å²) in [6, 6.07) is 3.27. The Morgan fingerprint density at radius 3 is 2.25 bits per heavy atom. The van der Waals surface area contributed by atoms with E-state index in [0.717, 1.165) is 0 Å². The van der Waals surface area contributed by atoms with Crippen molar-refractivity contribution < 1.29 is 90.0 Å². The van der Waals surface area contributed by atoms with Gasteiger partial charge in [-0.3, -0.25) is 18.9 Å². The van der Waals surface area contributed by atoms with Gasteiger partial charge in [-0.05, 0) is 18.4 Å². The number of carbonyl (C=O) groups is 3. The molecule has 0 saturated heterocycles. The molecule has 174 valence electrons. The Kier molecular flexibility index (Phi) is 14.8. The van der Waals surface area contributed by atoms with Gasteiger partial charge in [-0.15, -0.1) is 5.75 Å². The topological polar surface area (TPSA) is 177 Å². The van der Waals surface area contributed by atoms with Crippen LogP contribution in [0.3, 0.4) is 0 Å². The molecule has 32 heavy (non-hydrogen) atoms. The molecular weight excluding hydrogens is 468 g/mol. The third-order valence-electron chi connectivity index (χ3n) is 4.51. The zero-order valence-electron chi connectivity index (χ0n) is 18.7. The summed E-state index contributed by atoms with van der Waals surface area (Å²) in [5.74, 6) is -3.34. The maximum absolute atomic E-state index is 12.9. The number of carbonyl (C=O) groups excluding carboxylic acids is 2. The fourth-order valence-corrected chi connectivity index (χ4v) is 3.83. The van der Waals surface area contributed by atoms with E-state index in [0.29, 0.717) is 12.0 Å². The molecule has 0 aliphatic heterocycles. The first-order valence-corrected chi connectivity index (χ1v) is 11.4. The monoisotopic (exact) mass is 497 g/mol. The van der Waals surface area contributed by atoms with E-state index in [2.05, 4.69) is 15.7 Å². The van der Waals surface area contributed by atoms with Crippen LogP contribution in [0.5, 0.6) is 5.75 Å². The molecular formula is C19H29KN3O8P. The van der Waals surface area contributed by atoms with Crippen LogP contribution in [0.4, 0.5) is 0 Å². The largest absolute Gasteiger partial charge is 1.00 e. The van der Waals surface area contributed by atoms with E-state index in [-0.39, 0.29) is 76.1 Å². The van der Waals surface area contributed by atoms with Crippen molar-refractivity contribution in [1.29, 1.82) is 0 Å². The summed E-state index contributed by atoms with van der Waals surface area (Å²) in [5.41, 5.74) is 0.561. The molecule has 0 aromatic heterocycles. The van der Waals surface area contributed by atoms with Crippen LogP contribution in [0.1, 0.15) is 32.8 Å². The van der Waals surface area contributed by atoms with Gasteiger partial charge >= 0.3 is 65.1 Å². The SMILES string of the molecule is CCOP(=O)(O)N[C@H](C(=O)N[C@@H](Cc1ccc([O-])cc1)C(=O)NCC(=O)O)[C@@H](C)CC.[K+]. The number of rotatable bonds is 13. The summed E-state index contributed by atoms with van der Waals surface area (Å²) in [7, 11) is -4.26. The molecule has 2 amide bonds. The predicted molar refractivity (Wildman–Crippen MR) is 110 cm³/mol. The van der Waals surface area contributed by atoms with Crippen molar-refractivity contribution >= 4 is 25.5 Å². The molecule has 1 aromatic carbocycles. The van der Waals surface area contributed by atoms with Gasteiger partial charge in [0.2, 0.25) is 11.8 Å². The van der Waals surface area contributed by atoms with Gasteiger partial charge in [0.1, 0.15) is 12.6 Å². The smallest absolute Gasteiger partial charge is 0.872 e. The minimum atomic E-state index is -4.26. The molecule has 13 heteroatoms. The van der Waals surface area contributed by atoms with E-state index < -0.39 is 44.2 Å². The van der Waals surface area contributed by atoms with Crippen LogP contribution in [-0.4, -0.2) is 53.0 Å². The summed E-state index contributed by atoms with van der Waals surface area (Å²) in [6.07, 6.45) is 0.463. The Labute approximate surface area is 229 Å². The number of hydrogen-bond acceptors (Lipinski definition) is 6. The van der Waals surface area contributed by atoms with E-state index in [1.165, 1.54) is 31.2 Å². The zero-order valence-corrected chi connectivity index (χ0v) is 22.7. The van der Waals surface area contributed by atoms with Crippen LogP contribution in [0.2, 0.25) is 0 Å². The number of benzene rings is 1. The van der Waals surface area contributed by atoms with Crippen LogP contribution in [-0.2, 0) is 29.9 Å². The number of aliphatic carboxylic acids is 1. The molecule has 4 atom stereocenters. The van der Waals surface area contributed by atoms with Gasteiger partial charge in [-0.25, -0.2) is 9.65 Å². The van der Waals surface area contributed by atoms with Crippen molar-refractivity contribution in [3.63, 3.8) is 0 Å². The Morgan fingerprint density at radius 1 is 1.16 bits per heavy atom. The van der Waals surface area contributed by atoms with Crippen LogP contribution in [0.25, 0.3) is 0 Å². The van der Waals surface area contributed by atoms with Crippen LogP contribution in [0, 0.1) is 5.92 Å². The Hall–Kier alpha value is -0.824. The van der Waals surface area contributed by atoms with Gasteiger partial charge in [-0.2, -0.15) is 0 Å². The fraction of sp³-hybridized carbons (Fsp3) is 0.526. The minimum Gasteiger partial charge on any atom is -0.872 e. The molecule has 0 bridgehead atoms. The van der Waals surface area contributed by atoms with Gasteiger partial charge < -0.3 is 25.7 Å². The molecule has 0 saturated carbocycles. The third kappa shape index (κ3) is 11.3. The van der Waals surface area contributed by atoms with Crippen molar-refractivity contribution in [3.05, 3.63) is 29.8 Å². The van der Waals surface area contributed by atoms with Crippen molar-refractivity contribution in [1.82, 2.24) is 15.7 Å². The second-order valence-corrected chi connectivity index (χ2v) is 8.51.